The molecule has 0 saturated carbocycles. The third-order valence-electron chi connectivity index (χ3n) is 5.84. The van der Waals surface area contributed by atoms with Crippen molar-refractivity contribution in [3.63, 3.8) is 0 Å². The molecule has 0 atom stereocenters. The molecule has 2 aromatic carbocycles. The minimum atomic E-state index is -0.537. The highest BCUT2D eigenvalue weighted by molar-refractivity contribution is 6.06. The molecule has 9 nitrogen and oxygen atoms in total. The molecule has 2 heterocycles. The Morgan fingerprint density at radius 1 is 1.03 bits per heavy atom. The quantitative estimate of drug-likeness (QED) is 0.311. The van der Waals surface area contributed by atoms with Gasteiger partial charge in [-0.15, -0.1) is 0 Å². The number of Topliss-reactive ketones (excluding diaryl/α,β-unsaturated/α-hetero) is 1. The number of para-hydroxylation sites is 1. The summed E-state index contributed by atoms with van der Waals surface area (Å²) in [6.45, 7) is 1.81. The van der Waals surface area contributed by atoms with Crippen molar-refractivity contribution in [2.75, 3.05) is 37.5 Å². The summed E-state index contributed by atoms with van der Waals surface area (Å²) in [5, 5.41) is 4.01. The summed E-state index contributed by atoms with van der Waals surface area (Å²) in [6, 6.07) is 16.7. The standard InChI is InChI=1S/C27H28N6O3/c1-33(11-12-36-2)24-10-9-20(16-29-24)23(34)14-18-5-3-6-19(13-18)15-30-27-22-8-4-7-21(26(28)35)25(22)31-17-32-27/h3-10,13,16-17H,11-12,14-15H2,1-2H3,(H2,28,35)(H,30,31,32). The normalized spacial score (nSPS) is 10.8. The molecule has 0 spiro atoms. The number of amides is 1. The van der Waals surface area contributed by atoms with E-state index < -0.39 is 5.91 Å². The van der Waals surface area contributed by atoms with Crippen LogP contribution in [0.3, 0.4) is 0 Å². The lowest BCUT2D eigenvalue weighted by Gasteiger charge is -2.17. The van der Waals surface area contributed by atoms with Crippen molar-refractivity contribution >= 4 is 34.2 Å². The largest absolute Gasteiger partial charge is 0.383 e. The zero-order chi connectivity index (χ0) is 25.5. The number of anilines is 2. The third-order valence-corrected chi connectivity index (χ3v) is 5.84. The SMILES string of the molecule is COCCN(C)c1ccc(C(=O)Cc2cccc(CNc3ncnc4c(C(N)=O)cccc34)c2)cn1. The number of rotatable bonds is 11. The average Bonchev–Trinajstić information content (AvgIpc) is 2.90. The second-order valence-corrected chi connectivity index (χ2v) is 8.38. The molecule has 3 N–H and O–H groups in total. The second kappa shape index (κ2) is 11.4. The number of primary amides is 1. The van der Waals surface area contributed by atoms with Gasteiger partial charge in [-0.25, -0.2) is 15.0 Å². The van der Waals surface area contributed by atoms with Crippen molar-refractivity contribution in [1.82, 2.24) is 15.0 Å². The first kappa shape index (κ1) is 24.7. The first-order chi connectivity index (χ1) is 17.5. The Balaban J connectivity index is 1.42. The van der Waals surface area contributed by atoms with Gasteiger partial charge in [0, 0.05) is 50.8 Å². The first-order valence-corrected chi connectivity index (χ1v) is 11.5. The second-order valence-electron chi connectivity index (χ2n) is 8.38. The number of hydrogen-bond donors (Lipinski definition) is 2. The van der Waals surface area contributed by atoms with Crippen LogP contribution in [0.5, 0.6) is 0 Å². The minimum Gasteiger partial charge on any atom is -0.383 e. The number of pyridine rings is 1. The van der Waals surface area contributed by atoms with Crippen LogP contribution in [0.25, 0.3) is 10.9 Å². The Labute approximate surface area is 209 Å². The lowest BCUT2D eigenvalue weighted by Crippen LogP contribution is -2.23. The molecular weight excluding hydrogens is 456 g/mol. The summed E-state index contributed by atoms with van der Waals surface area (Å²) in [4.78, 5) is 39.5. The van der Waals surface area contributed by atoms with Gasteiger partial charge in [0.1, 0.15) is 18.0 Å². The molecule has 0 saturated heterocycles. The van der Waals surface area contributed by atoms with Crippen molar-refractivity contribution in [2.24, 2.45) is 5.73 Å². The van der Waals surface area contributed by atoms with Gasteiger partial charge < -0.3 is 20.7 Å². The van der Waals surface area contributed by atoms with Crippen LogP contribution in [0.2, 0.25) is 0 Å². The topological polar surface area (TPSA) is 123 Å². The number of nitrogens with one attached hydrogen (secondary N) is 1. The lowest BCUT2D eigenvalue weighted by molar-refractivity contribution is 0.0987. The zero-order valence-corrected chi connectivity index (χ0v) is 20.3. The molecule has 184 valence electrons. The van der Waals surface area contributed by atoms with E-state index in [9.17, 15) is 9.59 Å². The van der Waals surface area contributed by atoms with Crippen LogP contribution in [0.1, 0.15) is 31.8 Å². The van der Waals surface area contributed by atoms with Crippen molar-refractivity contribution in [3.05, 3.63) is 89.4 Å². The van der Waals surface area contributed by atoms with E-state index in [1.165, 1.54) is 6.33 Å². The average molecular weight is 485 g/mol. The molecule has 0 aliphatic rings. The molecule has 0 radical (unpaired) electrons. The van der Waals surface area contributed by atoms with Crippen molar-refractivity contribution in [3.8, 4) is 0 Å². The van der Waals surface area contributed by atoms with Crippen LogP contribution in [0, 0.1) is 0 Å². The minimum absolute atomic E-state index is 0.000482. The molecule has 9 heteroatoms. The Hall–Kier alpha value is -4.37. The smallest absolute Gasteiger partial charge is 0.250 e. The Kier molecular flexibility index (Phi) is 7.82. The zero-order valence-electron chi connectivity index (χ0n) is 20.3. The number of nitrogens with two attached hydrogens (primary N) is 1. The van der Waals surface area contributed by atoms with E-state index in [0.717, 1.165) is 16.9 Å². The van der Waals surface area contributed by atoms with Crippen LogP contribution in [0.15, 0.2) is 67.1 Å². The predicted octanol–water partition coefficient (Wildman–Crippen LogP) is 3.24. The molecular formula is C27H28N6O3. The van der Waals surface area contributed by atoms with Gasteiger partial charge in [0.05, 0.1) is 17.7 Å². The highest BCUT2D eigenvalue weighted by Crippen LogP contribution is 2.23. The maximum Gasteiger partial charge on any atom is 0.250 e. The number of nitrogens with zero attached hydrogens (tertiary/aromatic N) is 4. The van der Waals surface area contributed by atoms with Gasteiger partial charge in [-0.1, -0.05) is 30.3 Å². The lowest BCUT2D eigenvalue weighted by atomic mass is 10.0. The number of carbonyl (C=O) groups excluding carboxylic acids is 2. The fourth-order valence-electron chi connectivity index (χ4n) is 3.87. The number of ether oxygens (including phenoxy) is 1. The van der Waals surface area contributed by atoms with E-state index in [2.05, 4.69) is 20.3 Å². The summed E-state index contributed by atoms with van der Waals surface area (Å²) in [6.07, 6.45) is 3.29. The number of carbonyl (C=O) groups is 2. The highest BCUT2D eigenvalue weighted by Gasteiger charge is 2.12. The van der Waals surface area contributed by atoms with Crippen molar-refractivity contribution < 1.29 is 14.3 Å². The van der Waals surface area contributed by atoms with Gasteiger partial charge in [-0.2, -0.15) is 0 Å². The molecule has 0 aliphatic carbocycles. The van der Waals surface area contributed by atoms with Gasteiger partial charge in [-0.3, -0.25) is 9.59 Å². The Morgan fingerprint density at radius 3 is 2.58 bits per heavy atom. The van der Waals surface area contributed by atoms with E-state index >= 15 is 0 Å². The van der Waals surface area contributed by atoms with E-state index in [1.54, 1.807) is 31.5 Å². The van der Waals surface area contributed by atoms with Crippen LogP contribution >= 0.6 is 0 Å². The maximum atomic E-state index is 12.8. The van der Waals surface area contributed by atoms with E-state index in [1.807, 2.05) is 48.3 Å². The first-order valence-electron chi connectivity index (χ1n) is 11.5. The summed E-state index contributed by atoms with van der Waals surface area (Å²) in [5.74, 6) is 0.855. The molecule has 0 bridgehead atoms. The van der Waals surface area contributed by atoms with Crippen LogP contribution in [0.4, 0.5) is 11.6 Å². The number of aromatic nitrogens is 3. The number of hydrogen-bond acceptors (Lipinski definition) is 8. The number of benzene rings is 2. The van der Waals surface area contributed by atoms with Crippen LogP contribution in [-0.4, -0.2) is 54.0 Å². The van der Waals surface area contributed by atoms with E-state index in [-0.39, 0.29) is 12.2 Å². The fourth-order valence-corrected chi connectivity index (χ4v) is 3.87. The summed E-state index contributed by atoms with van der Waals surface area (Å²) in [7, 11) is 3.59. The number of ketones is 1. The van der Waals surface area contributed by atoms with Gasteiger partial charge in [-0.05, 0) is 35.4 Å². The third kappa shape index (κ3) is 5.81. The summed E-state index contributed by atoms with van der Waals surface area (Å²) in [5.41, 5.74) is 8.80. The van der Waals surface area contributed by atoms with Crippen LogP contribution in [-0.2, 0) is 17.7 Å². The Bertz CT molecular complexity index is 1370. The van der Waals surface area contributed by atoms with Gasteiger partial charge >= 0.3 is 0 Å². The van der Waals surface area contributed by atoms with Crippen molar-refractivity contribution in [2.45, 2.75) is 13.0 Å². The predicted molar refractivity (Wildman–Crippen MR) is 139 cm³/mol. The Morgan fingerprint density at radius 2 is 1.83 bits per heavy atom. The summed E-state index contributed by atoms with van der Waals surface area (Å²) >= 11 is 0. The number of methoxy groups -OCH3 is 1. The number of fused-ring (bicyclic) bond motifs is 1. The molecule has 36 heavy (non-hydrogen) atoms. The molecule has 2 aromatic heterocycles. The van der Waals surface area contributed by atoms with Crippen molar-refractivity contribution in [1.29, 1.82) is 0 Å². The number of likely N-dealkylation sites (N-methyl/N-ethyl adjacent to an activating group) is 1. The fraction of sp³-hybridized carbons (Fsp3) is 0.222. The molecule has 1 amide bonds. The monoisotopic (exact) mass is 484 g/mol. The molecule has 0 fully saturated rings. The molecule has 4 rings (SSSR count). The summed E-state index contributed by atoms with van der Waals surface area (Å²) < 4.78 is 5.10. The van der Waals surface area contributed by atoms with E-state index in [4.69, 9.17) is 10.5 Å². The van der Waals surface area contributed by atoms with Gasteiger partial charge in [0.15, 0.2) is 5.78 Å². The maximum absolute atomic E-state index is 12.8. The van der Waals surface area contributed by atoms with Gasteiger partial charge in [0.25, 0.3) is 5.91 Å². The molecule has 4 aromatic rings. The highest BCUT2D eigenvalue weighted by atomic mass is 16.5. The van der Waals surface area contributed by atoms with Crippen LogP contribution < -0.4 is 16.0 Å². The van der Waals surface area contributed by atoms with E-state index in [0.29, 0.717) is 47.5 Å². The van der Waals surface area contributed by atoms with Gasteiger partial charge in [0.2, 0.25) is 0 Å². The molecule has 0 unspecified atom stereocenters. The molecule has 0 aliphatic heterocycles.